The fourth-order valence-electron chi connectivity index (χ4n) is 1.86. The molecule has 4 heteroatoms. The zero-order valence-electron chi connectivity index (χ0n) is 11.4. The van der Waals surface area contributed by atoms with Gasteiger partial charge in [-0.15, -0.1) is 0 Å². The molecule has 1 aliphatic rings. The highest BCUT2D eigenvalue weighted by Crippen LogP contribution is 2.09. The highest BCUT2D eigenvalue weighted by Gasteiger charge is 2.28. The third kappa shape index (κ3) is 3.64. The lowest BCUT2D eigenvalue weighted by Crippen LogP contribution is -2.36. The van der Waals surface area contributed by atoms with Crippen molar-refractivity contribution < 1.29 is 4.79 Å². The monoisotopic (exact) mass is 237 g/mol. The Morgan fingerprint density at radius 2 is 2.00 bits per heavy atom. The molecule has 0 N–H and O–H groups in total. The first-order valence-electron chi connectivity index (χ1n) is 6.32. The smallest absolute Gasteiger partial charge is 0.320 e. The number of carbonyl (C=O) groups excluding carboxylic acids is 1. The molecule has 1 atom stereocenters. The molecule has 0 spiro atoms. The lowest BCUT2D eigenvalue weighted by atomic mass is 10.3. The van der Waals surface area contributed by atoms with Crippen LogP contribution < -0.4 is 0 Å². The molecule has 0 saturated carbocycles. The normalized spacial score (nSPS) is 17.4. The first kappa shape index (κ1) is 13.9. The lowest BCUT2D eigenvalue weighted by molar-refractivity contribution is 0.194. The molecule has 0 aromatic rings. The van der Waals surface area contributed by atoms with Crippen molar-refractivity contribution in [3.63, 3.8) is 0 Å². The van der Waals surface area contributed by atoms with Gasteiger partial charge in [-0.2, -0.15) is 0 Å². The van der Waals surface area contributed by atoms with Crippen molar-refractivity contribution in [2.24, 2.45) is 0 Å². The average molecular weight is 237 g/mol. The number of likely N-dealkylation sites (N-methyl/N-ethyl adjacent to an activating group) is 1. The molecule has 17 heavy (non-hydrogen) atoms. The quantitative estimate of drug-likeness (QED) is 0.684. The summed E-state index contributed by atoms with van der Waals surface area (Å²) in [5, 5.41) is 0. The van der Waals surface area contributed by atoms with Gasteiger partial charge in [-0.3, -0.25) is 4.90 Å². The van der Waals surface area contributed by atoms with Gasteiger partial charge in [0.25, 0.3) is 0 Å². The minimum absolute atomic E-state index is 0.0167. The topological polar surface area (TPSA) is 26.8 Å². The van der Waals surface area contributed by atoms with E-state index in [0.29, 0.717) is 0 Å². The lowest BCUT2D eigenvalue weighted by Gasteiger charge is -2.19. The summed E-state index contributed by atoms with van der Waals surface area (Å²) >= 11 is 0. The third-order valence-corrected chi connectivity index (χ3v) is 3.22. The van der Waals surface area contributed by atoms with Crippen LogP contribution in [0.3, 0.4) is 0 Å². The Kier molecular flexibility index (Phi) is 5.30. The van der Waals surface area contributed by atoms with Gasteiger partial charge in [-0.1, -0.05) is 25.7 Å². The molecule has 1 unspecified atom stereocenters. The number of nitrogens with zero attached hydrogens (tertiary/aromatic N) is 3. The van der Waals surface area contributed by atoms with Crippen LogP contribution in [0.4, 0.5) is 4.79 Å². The molecule has 0 aromatic heterocycles. The van der Waals surface area contributed by atoms with Gasteiger partial charge in [0, 0.05) is 20.1 Å². The van der Waals surface area contributed by atoms with E-state index in [9.17, 15) is 4.79 Å². The molecular weight excluding hydrogens is 214 g/mol. The number of carbonyl (C=O) groups is 1. The van der Waals surface area contributed by atoms with Crippen LogP contribution in [0, 0.1) is 11.8 Å². The molecule has 0 radical (unpaired) electrons. The van der Waals surface area contributed by atoms with Crippen LogP contribution in [0.5, 0.6) is 0 Å². The Morgan fingerprint density at radius 3 is 2.47 bits per heavy atom. The highest BCUT2D eigenvalue weighted by molar-refractivity contribution is 5.76. The second-order valence-electron chi connectivity index (χ2n) is 4.36. The van der Waals surface area contributed by atoms with Gasteiger partial charge in [0.2, 0.25) is 0 Å². The Balaban J connectivity index is 2.46. The van der Waals surface area contributed by atoms with Crippen molar-refractivity contribution in [3.8, 4) is 11.8 Å². The molecule has 2 amide bonds. The van der Waals surface area contributed by atoms with E-state index in [0.717, 1.165) is 32.7 Å². The molecule has 0 aliphatic carbocycles. The second kappa shape index (κ2) is 6.51. The van der Waals surface area contributed by atoms with E-state index in [-0.39, 0.29) is 12.1 Å². The Bertz CT molecular complexity index is 314. The zero-order valence-corrected chi connectivity index (χ0v) is 11.4. The van der Waals surface area contributed by atoms with E-state index in [2.05, 4.69) is 30.6 Å². The van der Waals surface area contributed by atoms with Crippen LogP contribution in [0.15, 0.2) is 0 Å². The fourth-order valence-corrected chi connectivity index (χ4v) is 1.86. The minimum Gasteiger partial charge on any atom is -0.326 e. The van der Waals surface area contributed by atoms with E-state index >= 15 is 0 Å². The van der Waals surface area contributed by atoms with Crippen molar-refractivity contribution in [2.75, 3.05) is 39.8 Å². The summed E-state index contributed by atoms with van der Waals surface area (Å²) in [6.07, 6.45) is 0. The van der Waals surface area contributed by atoms with Crippen molar-refractivity contribution in [3.05, 3.63) is 0 Å². The van der Waals surface area contributed by atoms with E-state index in [1.165, 1.54) is 0 Å². The summed E-state index contributed by atoms with van der Waals surface area (Å²) in [5.74, 6) is 6.32. The number of hydrogen-bond donors (Lipinski definition) is 0. The van der Waals surface area contributed by atoms with Gasteiger partial charge in [-0.25, -0.2) is 4.79 Å². The highest BCUT2D eigenvalue weighted by atomic mass is 16.2. The van der Waals surface area contributed by atoms with Crippen LogP contribution >= 0.6 is 0 Å². The van der Waals surface area contributed by atoms with E-state index < -0.39 is 0 Å². The summed E-state index contributed by atoms with van der Waals surface area (Å²) < 4.78 is 0. The summed E-state index contributed by atoms with van der Waals surface area (Å²) in [5.41, 5.74) is 0. The molecule has 0 aromatic carbocycles. The van der Waals surface area contributed by atoms with Crippen molar-refractivity contribution in [1.82, 2.24) is 14.7 Å². The summed E-state index contributed by atoms with van der Waals surface area (Å²) in [7, 11) is 1.83. The van der Waals surface area contributed by atoms with E-state index in [1.54, 1.807) is 4.90 Å². The van der Waals surface area contributed by atoms with Crippen molar-refractivity contribution in [1.29, 1.82) is 0 Å². The van der Waals surface area contributed by atoms with Gasteiger partial charge in [0.15, 0.2) is 0 Å². The number of rotatable bonds is 4. The maximum absolute atomic E-state index is 11.7. The first-order valence-corrected chi connectivity index (χ1v) is 6.32. The van der Waals surface area contributed by atoms with Gasteiger partial charge in [-0.05, 0) is 20.0 Å². The maximum Gasteiger partial charge on any atom is 0.320 e. The third-order valence-electron chi connectivity index (χ3n) is 3.22. The van der Waals surface area contributed by atoms with Gasteiger partial charge in [0.1, 0.15) is 0 Å². The number of amides is 2. The zero-order chi connectivity index (χ0) is 12.8. The second-order valence-corrected chi connectivity index (χ2v) is 4.36. The molecule has 0 bridgehead atoms. The van der Waals surface area contributed by atoms with Crippen LogP contribution in [0.2, 0.25) is 0 Å². The van der Waals surface area contributed by atoms with Crippen LogP contribution in [0.25, 0.3) is 0 Å². The molecule has 96 valence electrons. The predicted molar refractivity (Wildman–Crippen MR) is 69.8 cm³/mol. The first-order chi connectivity index (χ1) is 8.10. The van der Waals surface area contributed by atoms with Crippen molar-refractivity contribution in [2.45, 2.75) is 26.8 Å². The SMILES string of the molecule is CCN(CC)CC#CC(C)N1CCN(C)C1=O. The van der Waals surface area contributed by atoms with Gasteiger partial charge < -0.3 is 9.80 Å². The minimum atomic E-state index is 0.0167. The molecule has 1 saturated heterocycles. The number of hydrogen-bond acceptors (Lipinski definition) is 2. The van der Waals surface area contributed by atoms with E-state index in [4.69, 9.17) is 0 Å². The van der Waals surface area contributed by atoms with Crippen LogP contribution in [0.1, 0.15) is 20.8 Å². The fraction of sp³-hybridized carbons (Fsp3) is 0.769. The molecule has 4 nitrogen and oxygen atoms in total. The van der Waals surface area contributed by atoms with Crippen LogP contribution in [-0.2, 0) is 0 Å². The summed E-state index contributed by atoms with van der Waals surface area (Å²) in [6.45, 7) is 10.7. The maximum atomic E-state index is 11.7. The number of urea groups is 1. The average Bonchev–Trinajstić information content (AvgIpc) is 2.65. The molecule has 1 rings (SSSR count). The predicted octanol–water partition coefficient (Wildman–Crippen LogP) is 1.09. The standard InChI is InChI=1S/C13H23N3O/c1-5-15(6-2)9-7-8-12(3)16-11-10-14(4)13(16)17/h12H,5-6,9-11H2,1-4H3. The Hall–Kier alpha value is -1.21. The molecule has 1 aliphatic heterocycles. The molecule has 1 fully saturated rings. The Morgan fingerprint density at radius 1 is 1.35 bits per heavy atom. The summed E-state index contributed by atoms with van der Waals surface area (Å²) in [4.78, 5) is 17.6. The van der Waals surface area contributed by atoms with Gasteiger partial charge in [0.05, 0.1) is 12.6 Å². The van der Waals surface area contributed by atoms with Crippen molar-refractivity contribution >= 4 is 6.03 Å². The van der Waals surface area contributed by atoms with E-state index in [1.807, 2.05) is 18.9 Å². The van der Waals surface area contributed by atoms with Gasteiger partial charge >= 0.3 is 6.03 Å². The van der Waals surface area contributed by atoms with Crippen LogP contribution in [-0.4, -0.2) is 66.5 Å². The molecule has 1 heterocycles. The Labute approximate surface area is 105 Å². The summed E-state index contributed by atoms with van der Waals surface area (Å²) in [6, 6.07) is 0.109. The molecular formula is C13H23N3O. The largest absolute Gasteiger partial charge is 0.326 e.